The molecule has 0 bridgehead atoms. The third-order valence-electron chi connectivity index (χ3n) is 4.77. The Hall–Kier alpha value is -2.17. The van der Waals surface area contributed by atoms with Gasteiger partial charge in [0.25, 0.3) is 0 Å². The number of nitrogens with zero attached hydrogens (tertiary/aromatic N) is 2. The van der Waals surface area contributed by atoms with Crippen molar-refractivity contribution in [3.8, 4) is 0 Å². The fraction of sp³-hybridized carbons (Fsp3) is 0.474. The molecule has 1 aromatic carbocycles. The van der Waals surface area contributed by atoms with Gasteiger partial charge in [-0.25, -0.2) is 9.37 Å². The molecule has 0 atom stereocenters. The quantitative estimate of drug-likeness (QED) is 0.884. The second kappa shape index (κ2) is 7.60. The lowest BCUT2D eigenvalue weighted by atomic mass is 10.1. The van der Waals surface area contributed by atoms with Crippen molar-refractivity contribution in [3.63, 3.8) is 0 Å². The minimum absolute atomic E-state index is 0.181. The summed E-state index contributed by atoms with van der Waals surface area (Å²) in [6.45, 7) is 3.28. The van der Waals surface area contributed by atoms with Gasteiger partial charge in [-0.1, -0.05) is 25.0 Å². The Labute approximate surface area is 142 Å². The van der Waals surface area contributed by atoms with Crippen LogP contribution in [0.3, 0.4) is 0 Å². The minimum Gasteiger partial charge on any atom is -0.355 e. The molecule has 128 valence electrons. The highest BCUT2D eigenvalue weighted by atomic mass is 19.1. The molecule has 0 spiro atoms. The molecule has 0 aliphatic heterocycles. The zero-order valence-electron chi connectivity index (χ0n) is 14.1. The van der Waals surface area contributed by atoms with Crippen molar-refractivity contribution in [2.45, 2.75) is 45.6 Å². The highest BCUT2D eigenvalue weighted by Gasteiger charge is 2.22. The van der Waals surface area contributed by atoms with E-state index in [0.717, 1.165) is 29.9 Å². The van der Waals surface area contributed by atoms with Crippen molar-refractivity contribution in [2.75, 3.05) is 6.54 Å². The Morgan fingerprint density at radius 2 is 2.00 bits per heavy atom. The lowest BCUT2D eigenvalue weighted by Gasteiger charge is -2.12. The highest BCUT2D eigenvalue weighted by molar-refractivity contribution is 5.78. The zero-order chi connectivity index (χ0) is 16.9. The summed E-state index contributed by atoms with van der Waals surface area (Å²) >= 11 is 0. The first-order valence-electron chi connectivity index (χ1n) is 8.66. The number of halogens is 1. The molecule has 0 unspecified atom stereocenters. The van der Waals surface area contributed by atoms with Crippen LogP contribution in [0.4, 0.5) is 4.39 Å². The lowest BCUT2D eigenvalue weighted by Crippen LogP contribution is -2.31. The largest absolute Gasteiger partial charge is 0.355 e. The number of imidazole rings is 1. The van der Waals surface area contributed by atoms with E-state index in [0.29, 0.717) is 19.5 Å². The molecule has 1 aliphatic carbocycles. The second-order valence-corrected chi connectivity index (χ2v) is 6.55. The second-order valence-electron chi connectivity index (χ2n) is 6.55. The zero-order valence-corrected chi connectivity index (χ0v) is 14.1. The first-order chi connectivity index (χ1) is 11.6. The van der Waals surface area contributed by atoms with E-state index < -0.39 is 0 Å². The van der Waals surface area contributed by atoms with E-state index in [9.17, 15) is 9.18 Å². The maximum atomic E-state index is 13.0. The van der Waals surface area contributed by atoms with E-state index in [2.05, 4.69) is 14.9 Å². The van der Waals surface area contributed by atoms with Crippen molar-refractivity contribution in [2.24, 2.45) is 5.92 Å². The van der Waals surface area contributed by atoms with E-state index in [-0.39, 0.29) is 17.6 Å². The van der Waals surface area contributed by atoms with Gasteiger partial charge in [-0.15, -0.1) is 0 Å². The van der Waals surface area contributed by atoms with E-state index in [1.54, 1.807) is 12.1 Å². The lowest BCUT2D eigenvalue weighted by molar-refractivity contribution is -0.124. The molecule has 2 aromatic rings. The van der Waals surface area contributed by atoms with Gasteiger partial charge in [0.2, 0.25) is 5.91 Å². The number of benzene rings is 1. The molecule has 1 fully saturated rings. The molecular weight excluding hydrogens is 305 g/mol. The summed E-state index contributed by atoms with van der Waals surface area (Å²) in [6, 6.07) is 6.53. The average Bonchev–Trinajstić information content (AvgIpc) is 3.22. The molecule has 1 aromatic heterocycles. The fourth-order valence-electron chi connectivity index (χ4n) is 3.33. The number of hydrogen-bond acceptors (Lipinski definition) is 2. The molecule has 1 amide bonds. The number of aryl methyl sites for hydroxylation is 1. The Morgan fingerprint density at radius 3 is 2.71 bits per heavy atom. The maximum absolute atomic E-state index is 13.0. The Bertz CT molecular complexity index is 687. The predicted octanol–water partition coefficient (Wildman–Crippen LogP) is 3.23. The number of rotatable bonds is 6. The monoisotopic (exact) mass is 329 g/mol. The molecular formula is C19H24FN3O. The van der Waals surface area contributed by atoms with Crippen LogP contribution in [-0.4, -0.2) is 22.0 Å². The fourth-order valence-corrected chi connectivity index (χ4v) is 3.33. The molecule has 1 N–H and O–H groups in total. The van der Waals surface area contributed by atoms with E-state index >= 15 is 0 Å². The summed E-state index contributed by atoms with van der Waals surface area (Å²) in [5.41, 5.74) is 2.10. The molecule has 1 saturated carbocycles. The van der Waals surface area contributed by atoms with Crippen molar-refractivity contribution >= 4 is 5.91 Å². The molecule has 0 saturated heterocycles. The standard InChI is InChI=1S/C19H24FN3O/c1-14-12-22-18(10-11-21-19(24)16-4-2-3-5-16)23(14)13-15-6-8-17(20)9-7-15/h6-9,12,16H,2-5,10-11,13H2,1H3,(H,21,24). The summed E-state index contributed by atoms with van der Waals surface area (Å²) in [4.78, 5) is 16.5. The number of carbonyl (C=O) groups excluding carboxylic acids is 1. The summed E-state index contributed by atoms with van der Waals surface area (Å²) in [6.07, 6.45) is 6.91. The van der Waals surface area contributed by atoms with Crippen LogP contribution in [0, 0.1) is 18.7 Å². The SMILES string of the molecule is Cc1cnc(CCNC(=O)C2CCCC2)n1Cc1ccc(F)cc1. The van der Waals surface area contributed by atoms with Gasteiger partial charge in [0, 0.05) is 37.3 Å². The number of carbonyl (C=O) groups is 1. The molecule has 1 heterocycles. The Morgan fingerprint density at radius 1 is 1.29 bits per heavy atom. The van der Waals surface area contributed by atoms with Crippen molar-refractivity contribution in [1.29, 1.82) is 0 Å². The Balaban J connectivity index is 1.58. The van der Waals surface area contributed by atoms with Crippen LogP contribution in [0.1, 0.15) is 42.8 Å². The van der Waals surface area contributed by atoms with Crippen LogP contribution in [0.25, 0.3) is 0 Å². The smallest absolute Gasteiger partial charge is 0.223 e. The summed E-state index contributed by atoms with van der Waals surface area (Å²) in [5.74, 6) is 1.10. The van der Waals surface area contributed by atoms with Crippen LogP contribution in [0.2, 0.25) is 0 Å². The molecule has 0 radical (unpaired) electrons. The minimum atomic E-state index is -0.226. The van der Waals surface area contributed by atoms with Gasteiger partial charge in [0.1, 0.15) is 11.6 Å². The number of hydrogen-bond donors (Lipinski definition) is 1. The van der Waals surface area contributed by atoms with Gasteiger partial charge in [-0.3, -0.25) is 4.79 Å². The molecule has 24 heavy (non-hydrogen) atoms. The summed E-state index contributed by atoms with van der Waals surface area (Å²) in [7, 11) is 0. The summed E-state index contributed by atoms with van der Waals surface area (Å²) in [5, 5.41) is 3.04. The normalized spacial score (nSPS) is 14.9. The number of nitrogens with one attached hydrogen (secondary N) is 1. The van der Waals surface area contributed by atoms with Gasteiger partial charge in [-0.05, 0) is 37.5 Å². The number of amides is 1. The molecule has 1 aliphatic rings. The first kappa shape index (κ1) is 16.7. The van der Waals surface area contributed by atoms with Gasteiger partial charge < -0.3 is 9.88 Å². The van der Waals surface area contributed by atoms with Gasteiger partial charge in [-0.2, -0.15) is 0 Å². The van der Waals surface area contributed by atoms with E-state index in [1.807, 2.05) is 13.1 Å². The molecule has 4 nitrogen and oxygen atoms in total. The van der Waals surface area contributed by atoms with Crippen molar-refractivity contribution in [3.05, 3.63) is 53.4 Å². The van der Waals surface area contributed by atoms with Crippen LogP contribution < -0.4 is 5.32 Å². The van der Waals surface area contributed by atoms with Crippen LogP contribution in [0.15, 0.2) is 30.5 Å². The van der Waals surface area contributed by atoms with Gasteiger partial charge in [0.15, 0.2) is 0 Å². The third-order valence-corrected chi connectivity index (χ3v) is 4.77. The molecule has 5 heteroatoms. The average molecular weight is 329 g/mol. The van der Waals surface area contributed by atoms with Gasteiger partial charge >= 0.3 is 0 Å². The van der Waals surface area contributed by atoms with E-state index in [4.69, 9.17) is 0 Å². The molecule has 3 rings (SSSR count). The van der Waals surface area contributed by atoms with Crippen LogP contribution >= 0.6 is 0 Å². The highest BCUT2D eigenvalue weighted by Crippen LogP contribution is 2.24. The van der Waals surface area contributed by atoms with Gasteiger partial charge in [0.05, 0.1) is 0 Å². The van der Waals surface area contributed by atoms with E-state index in [1.165, 1.54) is 25.0 Å². The van der Waals surface area contributed by atoms with Crippen LogP contribution in [-0.2, 0) is 17.8 Å². The topological polar surface area (TPSA) is 46.9 Å². The van der Waals surface area contributed by atoms with Crippen molar-refractivity contribution in [1.82, 2.24) is 14.9 Å². The third kappa shape index (κ3) is 4.02. The number of aromatic nitrogens is 2. The first-order valence-corrected chi connectivity index (χ1v) is 8.66. The Kier molecular flexibility index (Phi) is 5.28. The van der Waals surface area contributed by atoms with Crippen LogP contribution in [0.5, 0.6) is 0 Å². The summed E-state index contributed by atoms with van der Waals surface area (Å²) < 4.78 is 15.2. The van der Waals surface area contributed by atoms with Crippen molar-refractivity contribution < 1.29 is 9.18 Å². The predicted molar refractivity (Wildman–Crippen MR) is 91.1 cm³/mol. The maximum Gasteiger partial charge on any atom is 0.223 e.